The fourth-order valence-electron chi connectivity index (χ4n) is 1.25. The molecule has 0 N–H and O–H groups in total. The van der Waals surface area contributed by atoms with Crippen LogP contribution < -0.4 is 9.47 Å². The van der Waals surface area contributed by atoms with Crippen molar-refractivity contribution in [2.45, 2.75) is 6.92 Å². The molecule has 0 bridgehead atoms. The molecular formula is C12H9ClN2O3. The Morgan fingerprint density at radius 3 is 2.61 bits per heavy atom. The van der Waals surface area contributed by atoms with Crippen molar-refractivity contribution in [2.75, 3.05) is 0 Å². The molecule has 2 aromatic rings. The van der Waals surface area contributed by atoms with Crippen LogP contribution in [-0.2, 0) is 4.79 Å². The second-order valence-corrected chi connectivity index (χ2v) is 3.70. The zero-order chi connectivity index (χ0) is 13.0. The van der Waals surface area contributed by atoms with Gasteiger partial charge in [0, 0.05) is 19.3 Å². The number of esters is 1. The van der Waals surface area contributed by atoms with Crippen molar-refractivity contribution in [1.82, 2.24) is 9.97 Å². The largest absolute Gasteiger partial charge is 0.423 e. The van der Waals surface area contributed by atoms with Gasteiger partial charge in [-0.2, -0.15) is 0 Å². The third-order valence-corrected chi connectivity index (χ3v) is 2.22. The first kappa shape index (κ1) is 12.3. The number of hydrogen-bond donors (Lipinski definition) is 0. The van der Waals surface area contributed by atoms with Crippen molar-refractivity contribution in [3.05, 3.63) is 41.7 Å². The minimum Gasteiger partial charge on any atom is -0.423 e. The van der Waals surface area contributed by atoms with Gasteiger partial charge < -0.3 is 9.47 Å². The van der Waals surface area contributed by atoms with Gasteiger partial charge in [0.1, 0.15) is 0 Å². The van der Waals surface area contributed by atoms with Crippen LogP contribution >= 0.6 is 11.6 Å². The molecule has 2 rings (SSSR count). The maximum atomic E-state index is 11.0. The average Bonchev–Trinajstić information content (AvgIpc) is 2.34. The number of nitrogens with zero attached hydrogens (tertiary/aromatic N) is 2. The Morgan fingerprint density at radius 1 is 1.22 bits per heavy atom. The second-order valence-electron chi connectivity index (χ2n) is 3.29. The summed E-state index contributed by atoms with van der Waals surface area (Å²) in [6.45, 7) is 1.30. The molecule has 0 unspecified atom stereocenters. The van der Waals surface area contributed by atoms with Crippen molar-refractivity contribution in [3.63, 3.8) is 0 Å². The first-order valence-corrected chi connectivity index (χ1v) is 5.46. The normalized spacial score (nSPS) is 9.89. The minimum atomic E-state index is -0.462. The van der Waals surface area contributed by atoms with Gasteiger partial charge in [-0.3, -0.25) is 4.79 Å². The summed E-state index contributed by atoms with van der Waals surface area (Å²) >= 11 is 5.99. The van der Waals surface area contributed by atoms with E-state index in [1.807, 2.05) is 0 Å². The van der Waals surface area contributed by atoms with E-state index in [4.69, 9.17) is 21.1 Å². The Hall–Kier alpha value is -2.14. The molecule has 5 nitrogen and oxygen atoms in total. The number of carbonyl (C=O) groups is 1. The Bertz CT molecular complexity index is 561. The molecule has 0 radical (unpaired) electrons. The highest BCUT2D eigenvalue weighted by Crippen LogP contribution is 2.37. The number of ether oxygens (including phenoxy) is 2. The second kappa shape index (κ2) is 5.46. The Morgan fingerprint density at radius 2 is 1.94 bits per heavy atom. The molecule has 0 amide bonds. The van der Waals surface area contributed by atoms with Gasteiger partial charge in [0.2, 0.25) is 0 Å². The number of carbonyl (C=O) groups excluding carboxylic acids is 1. The summed E-state index contributed by atoms with van der Waals surface area (Å²) in [5.74, 6) is -0.0286. The van der Waals surface area contributed by atoms with Crippen molar-refractivity contribution < 1.29 is 14.3 Å². The van der Waals surface area contributed by atoms with E-state index >= 15 is 0 Å². The maximum absolute atomic E-state index is 11.0. The van der Waals surface area contributed by atoms with Crippen LogP contribution in [0.4, 0.5) is 0 Å². The zero-order valence-electron chi connectivity index (χ0n) is 9.46. The number of benzene rings is 1. The van der Waals surface area contributed by atoms with Crippen LogP contribution in [0, 0.1) is 0 Å². The molecule has 0 fully saturated rings. The average molecular weight is 265 g/mol. The van der Waals surface area contributed by atoms with Gasteiger partial charge in [-0.15, -0.1) is 0 Å². The van der Waals surface area contributed by atoms with E-state index in [2.05, 4.69) is 9.97 Å². The Kier molecular flexibility index (Phi) is 3.74. The molecule has 0 aliphatic heterocycles. The quantitative estimate of drug-likeness (QED) is 0.630. The van der Waals surface area contributed by atoms with Gasteiger partial charge in [-0.25, -0.2) is 9.97 Å². The van der Waals surface area contributed by atoms with E-state index in [0.717, 1.165) is 0 Å². The molecule has 0 saturated heterocycles. The molecule has 1 heterocycles. The van der Waals surface area contributed by atoms with Crippen LogP contribution in [0.5, 0.6) is 17.5 Å². The molecular weight excluding hydrogens is 256 g/mol. The van der Waals surface area contributed by atoms with Crippen LogP contribution in [0.2, 0.25) is 5.02 Å². The fourth-order valence-corrected chi connectivity index (χ4v) is 1.46. The molecule has 0 aliphatic rings. The zero-order valence-corrected chi connectivity index (χ0v) is 10.2. The molecule has 92 valence electrons. The smallest absolute Gasteiger partial charge is 0.322 e. The standard InChI is InChI=1S/C12H9ClN2O3/c1-8(16)17-10-5-2-4-9(13)11(10)18-12-14-6-3-7-15-12/h2-7H,1H3. The van der Waals surface area contributed by atoms with E-state index < -0.39 is 5.97 Å². The van der Waals surface area contributed by atoms with Gasteiger partial charge in [0.25, 0.3) is 0 Å². The molecule has 6 heteroatoms. The van der Waals surface area contributed by atoms with Crippen molar-refractivity contribution >= 4 is 17.6 Å². The maximum Gasteiger partial charge on any atom is 0.322 e. The third-order valence-electron chi connectivity index (χ3n) is 1.92. The number of hydrogen-bond acceptors (Lipinski definition) is 5. The minimum absolute atomic E-state index is 0.124. The first-order chi connectivity index (χ1) is 8.66. The summed E-state index contributed by atoms with van der Waals surface area (Å²) in [7, 11) is 0. The summed E-state index contributed by atoms with van der Waals surface area (Å²) in [6, 6.07) is 6.63. The Balaban J connectivity index is 2.34. The lowest BCUT2D eigenvalue weighted by Gasteiger charge is -2.10. The summed E-state index contributed by atoms with van der Waals surface area (Å²) in [6.07, 6.45) is 3.06. The SMILES string of the molecule is CC(=O)Oc1cccc(Cl)c1Oc1ncccn1. The van der Waals surface area contributed by atoms with E-state index in [0.29, 0.717) is 5.02 Å². The van der Waals surface area contributed by atoms with Gasteiger partial charge in [0.05, 0.1) is 5.02 Å². The summed E-state index contributed by atoms with van der Waals surface area (Å²) in [5, 5.41) is 0.307. The molecule has 0 aliphatic carbocycles. The van der Waals surface area contributed by atoms with Gasteiger partial charge >= 0.3 is 12.0 Å². The van der Waals surface area contributed by atoms with Crippen LogP contribution in [0.3, 0.4) is 0 Å². The van der Waals surface area contributed by atoms with Crippen LogP contribution in [0.25, 0.3) is 0 Å². The fraction of sp³-hybridized carbons (Fsp3) is 0.0833. The number of rotatable bonds is 3. The van der Waals surface area contributed by atoms with E-state index in [9.17, 15) is 4.79 Å². The topological polar surface area (TPSA) is 61.3 Å². The van der Waals surface area contributed by atoms with Gasteiger partial charge in [-0.05, 0) is 18.2 Å². The molecule has 0 spiro atoms. The van der Waals surface area contributed by atoms with Crippen molar-refractivity contribution in [1.29, 1.82) is 0 Å². The van der Waals surface area contributed by atoms with Crippen molar-refractivity contribution in [2.24, 2.45) is 0 Å². The summed E-state index contributed by atoms with van der Waals surface area (Å²) in [4.78, 5) is 18.8. The van der Waals surface area contributed by atoms with Crippen LogP contribution in [0.1, 0.15) is 6.92 Å². The molecule has 0 saturated carbocycles. The van der Waals surface area contributed by atoms with Gasteiger partial charge in [-0.1, -0.05) is 17.7 Å². The van der Waals surface area contributed by atoms with E-state index in [-0.39, 0.29) is 17.5 Å². The molecule has 1 aromatic carbocycles. The lowest BCUT2D eigenvalue weighted by Crippen LogP contribution is -2.03. The molecule has 1 aromatic heterocycles. The Labute approximate surface area is 108 Å². The molecule has 0 atom stereocenters. The van der Waals surface area contributed by atoms with Crippen LogP contribution in [0.15, 0.2) is 36.7 Å². The monoisotopic (exact) mass is 264 g/mol. The van der Waals surface area contributed by atoms with E-state index in [1.54, 1.807) is 24.3 Å². The van der Waals surface area contributed by atoms with Crippen LogP contribution in [-0.4, -0.2) is 15.9 Å². The third kappa shape index (κ3) is 2.95. The molecule has 18 heavy (non-hydrogen) atoms. The number of aromatic nitrogens is 2. The van der Waals surface area contributed by atoms with E-state index in [1.165, 1.54) is 19.3 Å². The summed E-state index contributed by atoms with van der Waals surface area (Å²) in [5.41, 5.74) is 0. The highest BCUT2D eigenvalue weighted by Gasteiger charge is 2.13. The lowest BCUT2D eigenvalue weighted by molar-refractivity contribution is -0.132. The summed E-state index contributed by atoms with van der Waals surface area (Å²) < 4.78 is 10.4. The number of halogens is 1. The van der Waals surface area contributed by atoms with Gasteiger partial charge in [0.15, 0.2) is 11.5 Å². The number of para-hydroxylation sites is 1. The first-order valence-electron chi connectivity index (χ1n) is 5.08. The lowest BCUT2D eigenvalue weighted by atomic mass is 10.3. The predicted octanol–water partition coefficient (Wildman–Crippen LogP) is 2.85. The van der Waals surface area contributed by atoms with Crippen molar-refractivity contribution in [3.8, 4) is 17.5 Å². The predicted molar refractivity (Wildman–Crippen MR) is 64.9 cm³/mol. The highest BCUT2D eigenvalue weighted by atomic mass is 35.5. The highest BCUT2D eigenvalue weighted by molar-refractivity contribution is 6.32.